The highest BCUT2D eigenvalue weighted by atomic mass is 19.1. The Morgan fingerprint density at radius 3 is 2.50 bits per heavy atom. The number of hydrogen-bond acceptors (Lipinski definition) is 3. The van der Waals surface area contributed by atoms with Crippen molar-refractivity contribution in [1.82, 2.24) is 0 Å². The summed E-state index contributed by atoms with van der Waals surface area (Å²) in [6.45, 7) is 7.06. The van der Waals surface area contributed by atoms with Crippen LogP contribution in [0.5, 0.6) is 0 Å². The summed E-state index contributed by atoms with van der Waals surface area (Å²) in [5.74, 6) is -1.19. The number of rotatable bonds is 4. The third-order valence-electron chi connectivity index (χ3n) is 2.45. The van der Waals surface area contributed by atoms with Crippen LogP contribution in [0.4, 0.5) is 10.1 Å². The Balaban J connectivity index is 2.48. The topological polar surface area (TPSA) is 55.4 Å². The number of benzene rings is 1. The van der Waals surface area contributed by atoms with E-state index < -0.39 is 17.4 Å². The zero-order valence-electron chi connectivity index (χ0n) is 12.2. The predicted molar refractivity (Wildman–Crippen MR) is 74.8 cm³/mol. The minimum absolute atomic E-state index is 0.00251. The van der Waals surface area contributed by atoms with Crippen LogP contribution in [0.2, 0.25) is 0 Å². The molecule has 0 atom stereocenters. The van der Waals surface area contributed by atoms with Crippen LogP contribution in [-0.4, -0.2) is 17.5 Å². The van der Waals surface area contributed by atoms with Crippen molar-refractivity contribution in [2.75, 3.05) is 5.32 Å². The molecule has 0 radical (unpaired) electrons. The zero-order chi connectivity index (χ0) is 15.3. The maximum Gasteiger partial charge on any atom is 0.306 e. The highest BCUT2D eigenvalue weighted by molar-refractivity contribution is 5.93. The number of aryl methyl sites for hydroxylation is 1. The molecule has 1 rings (SSSR count). The molecule has 20 heavy (non-hydrogen) atoms. The van der Waals surface area contributed by atoms with Gasteiger partial charge in [-0.15, -0.1) is 0 Å². The second-order valence-corrected chi connectivity index (χ2v) is 5.59. The van der Waals surface area contributed by atoms with Gasteiger partial charge in [-0.1, -0.05) is 6.07 Å². The Morgan fingerprint density at radius 1 is 1.25 bits per heavy atom. The lowest BCUT2D eigenvalue weighted by atomic mass is 10.2. The van der Waals surface area contributed by atoms with E-state index >= 15 is 0 Å². The van der Waals surface area contributed by atoms with Crippen LogP contribution in [0.1, 0.15) is 39.2 Å². The molecule has 0 bridgehead atoms. The molecule has 1 amide bonds. The molecule has 0 spiro atoms. The van der Waals surface area contributed by atoms with E-state index in [0.29, 0.717) is 5.69 Å². The number of ether oxygens (including phenoxy) is 1. The molecule has 0 unspecified atom stereocenters. The Kier molecular flexibility index (Phi) is 5.25. The number of nitrogens with one attached hydrogen (secondary N) is 1. The second kappa shape index (κ2) is 6.50. The van der Waals surface area contributed by atoms with Crippen molar-refractivity contribution in [3.05, 3.63) is 29.6 Å². The van der Waals surface area contributed by atoms with Gasteiger partial charge in [0.15, 0.2) is 0 Å². The second-order valence-electron chi connectivity index (χ2n) is 5.59. The maximum absolute atomic E-state index is 13.1. The van der Waals surface area contributed by atoms with Crippen LogP contribution < -0.4 is 5.32 Å². The molecule has 0 aliphatic carbocycles. The smallest absolute Gasteiger partial charge is 0.306 e. The summed E-state index contributed by atoms with van der Waals surface area (Å²) in [6, 6.07) is 4.16. The zero-order valence-corrected chi connectivity index (χ0v) is 12.2. The normalized spacial score (nSPS) is 11.1. The molecular weight excluding hydrogens is 261 g/mol. The van der Waals surface area contributed by atoms with Gasteiger partial charge in [0.05, 0.1) is 6.42 Å². The highest BCUT2D eigenvalue weighted by Crippen LogP contribution is 2.16. The van der Waals surface area contributed by atoms with Gasteiger partial charge < -0.3 is 10.1 Å². The van der Waals surface area contributed by atoms with E-state index in [4.69, 9.17) is 4.74 Å². The first-order valence-electron chi connectivity index (χ1n) is 6.45. The molecule has 0 fully saturated rings. The molecule has 0 aliphatic heterocycles. The lowest BCUT2D eigenvalue weighted by Gasteiger charge is -2.19. The largest absolute Gasteiger partial charge is 0.460 e. The molecule has 1 N–H and O–H groups in total. The maximum atomic E-state index is 13.1. The van der Waals surface area contributed by atoms with Crippen molar-refractivity contribution >= 4 is 17.6 Å². The van der Waals surface area contributed by atoms with E-state index in [1.165, 1.54) is 12.1 Å². The van der Waals surface area contributed by atoms with Crippen molar-refractivity contribution < 1.29 is 18.7 Å². The summed E-state index contributed by atoms with van der Waals surface area (Å²) in [4.78, 5) is 23.2. The van der Waals surface area contributed by atoms with E-state index in [1.54, 1.807) is 33.8 Å². The summed E-state index contributed by atoms with van der Waals surface area (Å²) in [7, 11) is 0. The van der Waals surface area contributed by atoms with Crippen molar-refractivity contribution in [3.63, 3.8) is 0 Å². The fraction of sp³-hybridized carbons (Fsp3) is 0.467. The summed E-state index contributed by atoms with van der Waals surface area (Å²) in [5.41, 5.74) is 0.614. The summed E-state index contributed by atoms with van der Waals surface area (Å²) < 4.78 is 18.2. The molecule has 0 saturated heterocycles. The Labute approximate surface area is 118 Å². The number of carbonyl (C=O) groups is 2. The van der Waals surface area contributed by atoms with Crippen LogP contribution >= 0.6 is 0 Å². The first-order valence-corrected chi connectivity index (χ1v) is 6.45. The van der Waals surface area contributed by atoms with Crippen molar-refractivity contribution in [3.8, 4) is 0 Å². The lowest BCUT2D eigenvalue weighted by Crippen LogP contribution is -2.24. The van der Waals surface area contributed by atoms with Gasteiger partial charge in [0.1, 0.15) is 11.4 Å². The number of amides is 1. The Hall–Kier alpha value is -1.91. The first-order chi connectivity index (χ1) is 9.17. The molecule has 1 aromatic carbocycles. The molecule has 5 heteroatoms. The monoisotopic (exact) mass is 281 g/mol. The molecule has 0 aliphatic rings. The average molecular weight is 281 g/mol. The van der Waals surface area contributed by atoms with Crippen LogP contribution in [-0.2, 0) is 14.3 Å². The van der Waals surface area contributed by atoms with E-state index in [2.05, 4.69) is 5.32 Å². The van der Waals surface area contributed by atoms with E-state index in [1.807, 2.05) is 0 Å². The van der Waals surface area contributed by atoms with Crippen LogP contribution in [0.3, 0.4) is 0 Å². The van der Waals surface area contributed by atoms with Gasteiger partial charge >= 0.3 is 5.97 Å². The van der Waals surface area contributed by atoms with Gasteiger partial charge in [0.25, 0.3) is 0 Å². The third-order valence-corrected chi connectivity index (χ3v) is 2.45. The van der Waals surface area contributed by atoms with Crippen molar-refractivity contribution in [2.45, 2.75) is 46.1 Å². The predicted octanol–water partition coefficient (Wildman–Crippen LogP) is 3.19. The molecule has 1 aromatic rings. The van der Waals surface area contributed by atoms with Crippen LogP contribution in [0.15, 0.2) is 18.2 Å². The number of anilines is 1. The molecule has 110 valence electrons. The van der Waals surface area contributed by atoms with Gasteiger partial charge in [-0.2, -0.15) is 0 Å². The van der Waals surface area contributed by atoms with Gasteiger partial charge in [0.2, 0.25) is 5.91 Å². The standard InChI is InChI=1S/C15H20FNO3/c1-10-5-6-11(16)9-12(10)17-13(18)7-8-14(19)20-15(2,3)4/h5-6,9H,7-8H2,1-4H3,(H,17,18). The molecule has 0 heterocycles. The first kappa shape index (κ1) is 16.1. The van der Waals surface area contributed by atoms with E-state index in [9.17, 15) is 14.0 Å². The van der Waals surface area contributed by atoms with Gasteiger partial charge in [-0.3, -0.25) is 9.59 Å². The number of hydrogen-bond donors (Lipinski definition) is 1. The highest BCUT2D eigenvalue weighted by Gasteiger charge is 2.17. The fourth-order valence-electron chi connectivity index (χ4n) is 1.55. The lowest BCUT2D eigenvalue weighted by molar-refractivity contribution is -0.155. The van der Waals surface area contributed by atoms with E-state index in [0.717, 1.165) is 5.56 Å². The van der Waals surface area contributed by atoms with Crippen LogP contribution in [0.25, 0.3) is 0 Å². The number of carbonyl (C=O) groups excluding carboxylic acids is 2. The molecule has 0 aromatic heterocycles. The SMILES string of the molecule is Cc1ccc(F)cc1NC(=O)CCC(=O)OC(C)(C)C. The summed E-state index contributed by atoms with van der Waals surface area (Å²) >= 11 is 0. The molecule has 0 saturated carbocycles. The quantitative estimate of drug-likeness (QED) is 0.862. The number of halogens is 1. The van der Waals surface area contributed by atoms with Gasteiger partial charge in [0, 0.05) is 12.1 Å². The summed E-state index contributed by atoms with van der Waals surface area (Å²) in [6.07, 6.45) is 0.00231. The number of esters is 1. The van der Waals surface area contributed by atoms with Gasteiger partial charge in [-0.25, -0.2) is 4.39 Å². The van der Waals surface area contributed by atoms with Crippen molar-refractivity contribution in [2.24, 2.45) is 0 Å². The Morgan fingerprint density at radius 2 is 1.90 bits per heavy atom. The minimum Gasteiger partial charge on any atom is -0.460 e. The minimum atomic E-state index is -0.563. The van der Waals surface area contributed by atoms with Crippen LogP contribution in [0, 0.1) is 12.7 Å². The Bertz CT molecular complexity index is 506. The van der Waals surface area contributed by atoms with Gasteiger partial charge in [-0.05, 0) is 45.4 Å². The van der Waals surface area contributed by atoms with E-state index in [-0.39, 0.29) is 18.7 Å². The average Bonchev–Trinajstić information content (AvgIpc) is 2.29. The molecule has 4 nitrogen and oxygen atoms in total. The third kappa shape index (κ3) is 5.82. The fourth-order valence-corrected chi connectivity index (χ4v) is 1.55. The molecular formula is C15H20FNO3. The van der Waals surface area contributed by atoms with Crippen molar-refractivity contribution in [1.29, 1.82) is 0 Å². The summed E-state index contributed by atoms with van der Waals surface area (Å²) in [5, 5.41) is 2.58.